The van der Waals surface area contributed by atoms with Crippen LogP contribution >= 0.6 is 0 Å². The van der Waals surface area contributed by atoms with E-state index in [1.54, 1.807) is 18.2 Å². The Bertz CT molecular complexity index is 2150. The van der Waals surface area contributed by atoms with Gasteiger partial charge in [0.2, 0.25) is 11.5 Å². The molecule has 6 nitrogen and oxygen atoms in total. The molecule has 42 heavy (non-hydrogen) atoms. The number of benzene rings is 5. The van der Waals surface area contributed by atoms with Gasteiger partial charge in [0, 0.05) is 22.4 Å². The Hall–Kier alpha value is -5.88. The van der Waals surface area contributed by atoms with Gasteiger partial charge < -0.3 is 4.42 Å². The van der Waals surface area contributed by atoms with E-state index in [2.05, 4.69) is 12.1 Å². The first-order valence-electron chi connectivity index (χ1n) is 13.6. The average molecular weight is 544 g/mol. The minimum Gasteiger partial charge on any atom is -0.416 e. The Morgan fingerprint density at radius 3 is 1.76 bits per heavy atom. The van der Waals surface area contributed by atoms with Gasteiger partial charge in [0.05, 0.1) is 5.57 Å². The summed E-state index contributed by atoms with van der Waals surface area (Å²) in [6.45, 7) is 0. The highest BCUT2D eigenvalue weighted by Crippen LogP contribution is 2.34. The van der Waals surface area contributed by atoms with Gasteiger partial charge in [0.25, 0.3) is 5.71 Å². The lowest BCUT2D eigenvalue weighted by Crippen LogP contribution is -2.04. The molecule has 0 saturated heterocycles. The van der Waals surface area contributed by atoms with E-state index in [9.17, 15) is 9.59 Å². The third kappa shape index (κ3) is 3.81. The third-order valence-corrected chi connectivity index (χ3v) is 7.64. The Morgan fingerprint density at radius 1 is 0.595 bits per heavy atom. The Balaban J connectivity index is 1.28. The van der Waals surface area contributed by atoms with Gasteiger partial charge >= 0.3 is 0 Å². The molecule has 2 heterocycles. The summed E-state index contributed by atoms with van der Waals surface area (Å²) in [5.41, 5.74) is 5.45. The van der Waals surface area contributed by atoms with Crippen molar-refractivity contribution in [3.8, 4) is 28.3 Å². The smallest absolute Gasteiger partial charge is 0.267 e. The number of ketones is 2. The summed E-state index contributed by atoms with van der Waals surface area (Å²) in [5.74, 6) is 0.194. The molecule has 0 N–H and O–H groups in total. The van der Waals surface area contributed by atoms with Crippen molar-refractivity contribution >= 4 is 39.8 Å². The standard InChI is InChI=1S/C36H21N3O3/c40-32-28-19-25-13-7-8-14-26(25)20-29(28)33(41)30(32)21-31-37-36-34(38-35(42-36)24-11-5-2-6-12-24)39(31)27-17-15-23(16-18-27)22-9-3-1-4-10-22/h1-21H. The van der Waals surface area contributed by atoms with Gasteiger partial charge in [-0.05, 0) is 64.4 Å². The van der Waals surface area contributed by atoms with Crippen LogP contribution in [-0.4, -0.2) is 26.1 Å². The summed E-state index contributed by atoms with van der Waals surface area (Å²) < 4.78 is 7.91. The van der Waals surface area contributed by atoms with Crippen LogP contribution in [0.5, 0.6) is 0 Å². The maximum atomic E-state index is 13.5. The number of carbonyl (C=O) groups excluding carboxylic acids is 2. The first-order valence-corrected chi connectivity index (χ1v) is 13.6. The van der Waals surface area contributed by atoms with Crippen molar-refractivity contribution in [2.45, 2.75) is 0 Å². The minimum atomic E-state index is -0.315. The molecule has 2 aromatic heterocycles. The van der Waals surface area contributed by atoms with Crippen molar-refractivity contribution in [1.29, 1.82) is 0 Å². The molecule has 0 saturated carbocycles. The van der Waals surface area contributed by atoms with Crippen molar-refractivity contribution in [2.75, 3.05) is 0 Å². The quantitative estimate of drug-likeness (QED) is 0.166. The summed E-state index contributed by atoms with van der Waals surface area (Å²) in [4.78, 5) is 36.6. The van der Waals surface area contributed by atoms with E-state index in [0.717, 1.165) is 33.2 Å². The fraction of sp³-hybridized carbons (Fsp3) is 0. The molecular formula is C36H21N3O3. The Kier molecular flexibility index (Phi) is 5.34. The van der Waals surface area contributed by atoms with E-state index in [1.807, 2.05) is 102 Å². The van der Waals surface area contributed by atoms with E-state index in [0.29, 0.717) is 34.2 Å². The lowest BCUT2D eigenvalue weighted by molar-refractivity contribution is 0.0990. The van der Waals surface area contributed by atoms with Crippen LogP contribution < -0.4 is 0 Å². The Morgan fingerprint density at radius 2 is 1.14 bits per heavy atom. The van der Waals surface area contributed by atoms with Crippen LogP contribution in [0, 0.1) is 0 Å². The van der Waals surface area contributed by atoms with Gasteiger partial charge in [-0.3, -0.25) is 14.2 Å². The second-order valence-corrected chi connectivity index (χ2v) is 10.2. The van der Waals surface area contributed by atoms with Crippen molar-refractivity contribution in [2.24, 2.45) is 0 Å². The number of imidazole rings is 1. The first kappa shape index (κ1) is 24.0. The number of aromatic nitrogens is 3. The molecule has 1 aliphatic carbocycles. The van der Waals surface area contributed by atoms with Crippen LogP contribution in [0.3, 0.4) is 0 Å². The fourth-order valence-corrected chi connectivity index (χ4v) is 5.54. The van der Waals surface area contributed by atoms with Crippen molar-refractivity contribution in [3.05, 3.63) is 144 Å². The van der Waals surface area contributed by atoms with Gasteiger partial charge in [0.15, 0.2) is 11.6 Å². The van der Waals surface area contributed by atoms with Crippen LogP contribution in [0.15, 0.2) is 131 Å². The zero-order valence-corrected chi connectivity index (χ0v) is 22.2. The van der Waals surface area contributed by atoms with Crippen molar-refractivity contribution in [3.63, 3.8) is 0 Å². The molecule has 0 bridgehead atoms. The number of carbonyl (C=O) groups is 2. The second kappa shape index (κ2) is 9.35. The predicted octanol–water partition coefficient (Wildman–Crippen LogP) is 7.96. The number of hydrogen-bond donors (Lipinski definition) is 0. The molecule has 0 amide bonds. The molecule has 5 aromatic carbocycles. The zero-order valence-electron chi connectivity index (χ0n) is 22.2. The second-order valence-electron chi connectivity index (χ2n) is 10.2. The summed E-state index contributed by atoms with van der Waals surface area (Å²) in [7, 11) is 0. The first-order chi connectivity index (χ1) is 20.6. The highest BCUT2D eigenvalue weighted by atomic mass is 16.4. The number of oxazole rings is 1. The zero-order chi connectivity index (χ0) is 28.2. The molecule has 0 atom stereocenters. The lowest BCUT2D eigenvalue weighted by atomic mass is 10.0. The monoisotopic (exact) mass is 543 g/mol. The van der Waals surface area contributed by atoms with Crippen LogP contribution in [0.2, 0.25) is 0 Å². The molecule has 0 radical (unpaired) electrons. The van der Waals surface area contributed by atoms with Gasteiger partial charge in [-0.15, -0.1) is 0 Å². The average Bonchev–Trinajstić information content (AvgIpc) is 3.67. The third-order valence-electron chi connectivity index (χ3n) is 7.64. The molecule has 0 unspecified atom stereocenters. The molecular weight excluding hydrogens is 522 g/mol. The van der Waals surface area contributed by atoms with Crippen molar-refractivity contribution in [1.82, 2.24) is 14.5 Å². The minimum absolute atomic E-state index is 0.0680. The predicted molar refractivity (Wildman–Crippen MR) is 163 cm³/mol. The lowest BCUT2D eigenvalue weighted by Gasteiger charge is -2.08. The normalized spacial score (nSPS) is 12.8. The molecule has 0 aliphatic heterocycles. The van der Waals surface area contributed by atoms with Crippen LogP contribution in [-0.2, 0) is 0 Å². The molecule has 198 valence electrons. The maximum Gasteiger partial charge on any atom is 0.267 e. The highest BCUT2D eigenvalue weighted by Gasteiger charge is 2.34. The number of Topliss-reactive ketones (excluding diaryl/α,β-unsaturated/α-hetero) is 2. The molecule has 8 rings (SSSR count). The van der Waals surface area contributed by atoms with E-state index >= 15 is 0 Å². The Labute approximate surface area is 240 Å². The molecule has 0 fully saturated rings. The van der Waals surface area contributed by atoms with E-state index in [4.69, 9.17) is 14.4 Å². The van der Waals surface area contributed by atoms with Crippen LogP contribution in [0.25, 0.3) is 56.5 Å². The number of rotatable bonds is 4. The van der Waals surface area contributed by atoms with E-state index in [-0.39, 0.29) is 17.1 Å². The molecule has 0 spiro atoms. The maximum absolute atomic E-state index is 13.5. The van der Waals surface area contributed by atoms with Crippen molar-refractivity contribution < 1.29 is 14.0 Å². The number of nitrogens with zero attached hydrogens (tertiary/aromatic N) is 3. The van der Waals surface area contributed by atoms with E-state index < -0.39 is 0 Å². The van der Waals surface area contributed by atoms with Crippen LogP contribution in [0.4, 0.5) is 0 Å². The van der Waals surface area contributed by atoms with Gasteiger partial charge in [-0.2, -0.15) is 9.97 Å². The summed E-state index contributed by atoms with van der Waals surface area (Å²) in [6.07, 6.45) is 1.56. The number of fused-ring (bicyclic) bond motifs is 3. The topological polar surface area (TPSA) is 78.0 Å². The van der Waals surface area contributed by atoms with E-state index in [1.165, 1.54) is 0 Å². The molecule has 1 aliphatic rings. The fourth-order valence-electron chi connectivity index (χ4n) is 5.54. The van der Waals surface area contributed by atoms with Crippen LogP contribution in [0.1, 0.15) is 26.5 Å². The summed E-state index contributed by atoms with van der Waals surface area (Å²) in [5, 5.41) is 1.82. The molecule has 7 aromatic rings. The van der Waals surface area contributed by atoms with Gasteiger partial charge in [-0.25, -0.2) is 0 Å². The van der Waals surface area contributed by atoms with Gasteiger partial charge in [0.1, 0.15) is 5.82 Å². The number of allylic oxidation sites excluding steroid dienone is 1. The molecule has 6 heteroatoms. The summed E-state index contributed by atoms with van der Waals surface area (Å²) in [6, 6.07) is 39.0. The number of hydrogen-bond acceptors (Lipinski definition) is 5. The van der Waals surface area contributed by atoms with Gasteiger partial charge in [-0.1, -0.05) is 84.9 Å². The summed E-state index contributed by atoms with van der Waals surface area (Å²) >= 11 is 0. The largest absolute Gasteiger partial charge is 0.416 e. The SMILES string of the molecule is O=C1C(=Cc2nc3oc(-c4ccccc4)nc3n2-c2ccc(-c3ccccc3)cc2)C(=O)c2cc3ccccc3cc21. The highest BCUT2D eigenvalue weighted by molar-refractivity contribution is 6.42.